The second-order valence-corrected chi connectivity index (χ2v) is 5.86. The summed E-state index contributed by atoms with van der Waals surface area (Å²) in [5.41, 5.74) is 0.907. The molecule has 1 heterocycles. The van der Waals surface area contributed by atoms with Gasteiger partial charge >= 0.3 is 5.97 Å². The van der Waals surface area contributed by atoms with E-state index in [1.165, 1.54) is 6.07 Å². The Labute approximate surface area is 148 Å². The van der Waals surface area contributed by atoms with Crippen molar-refractivity contribution in [1.82, 2.24) is 10.2 Å². The van der Waals surface area contributed by atoms with Crippen LogP contribution in [-0.2, 0) is 6.54 Å². The van der Waals surface area contributed by atoms with Crippen molar-refractivity contribution in [2.75, 3.05) is 18.1 Å². The number of rotatable bonds is 8. The summed E-state index contributed by atoms with van der Waals surface area (Å²) >= 11 is 3.47. The lowest BCUT2D eigenvalue weighted by Crippen LogP contribution is -2.24. The highest BCUT2D eigenvalue weighted by Crippen LogP contribution is 2.26. The molecule has 0 aliphatic carbocycles. The number of anilines is 1. The topological polar surface area (TPSA) is 75.5 Å². The summed E-state index contributed by atoms with van der Waals surface area (Å²) < 4.78 is 6.64. The Kier molecular flexibility index (Phi) is 6.31. The van der Waals surface area contributed by atoms with Gasteiger partial charge in [-0.15, -0.1) is 10.2 Å². The van der Waals surface area contributed by atoms with Gasteiger partial charge < -0.3 is 14.7 Å². The molecular formula is C17H18BrN3O3. The minimum Gasteiger partial charge on any atom is -0.489 e. The predicted molar refractivity (Wildman–Crippen MR) is 95.5 cm³/mol. The van der Waals surface area contributed by atoms with Crippen LogP contribution in [-0.4, -0.2) is 34.4 Å². The predicted octanol–water partition coefficient (Wildman–Crippen LogP) is 3.53. The molecule has 2 rings (SSSR count). The summed E-state index contributed by atoms with van der Waals surface area (Å²) in [5.74, 6) is 0.285. The molecule has 0 unspecified atom stereocenters. The van der Waals surface area contributed by atoms with Crippen molar-refractivity contribution in [2.24, 2.45) is 0 Å². The lowest BCUT2D eigenvalue weighted by atomic mass is 10.2. The largest absolute Gasteiger partial charge is 0.489 e. The van der Waals surface area contributed by atoms with E-state index in [4.69, 9.17) is 9.84 Å². The Bertz CT molecular complexity index is 720. The minimum atomic E-state index is -1.09. The van der Waals surface area contributed by atoms with E-state index in [1.54, 1.807) is 12.1 Å². The number of aromatic carboxylic acids is 1. The Balaban J connectivity index is 2.24. The third kappa shape index (κ3) is 4.55. The van der Waals surface area contributed by atoms with Gasteiger partial charge in [-0.25, -0.2) is 4.79 Å². The van der Waals surface area contributed by atoms with Gasteiger partial charge in [0, 0.05) is 23.1 Å². The molecule has 0 aliphatic rings. The number of aromatic nitrogens is 2. The second kappa shape index (κ2) is 8.44. The zero-order valence-electron chi connectivity index (χ0n) is 13.3. The number of carbonyl (C=O) groups is 1. The Morgan fingerprint density at radius 2 is 2.17 bits per heavy atom. The van der Waals surface area contributed by atoms with Crippen LogP contribution >= 0.6 is 15.9 Å². The summed E-state index contributed by atoms with van der Waals surface area (Å²) in [7, 11) is 0. The molecule has 0 spiro atoms. The lowest BCUT2D eigenvalue weighted by molar-refractivity contribution is 0.0689. The number of nitrogens with zero attached hydrogens (tertiary/aromatic N) is 3. The molecule has 0 fully saturated rings. The maximum Gasteiger partial charge on any atom is 0.356 e. The van der Waals surface area contributed by atoms with E-state index in [0.717, 1.165) is 15.8 Å². The summed E-state index contributed by atoms with van der Waals surface area (Å²) in [5, 5.41) is 16.7. The third-order valence-corrected chi connectivity index (χ3v) is 3.81. The molecule has 1 aromatic heterocycles. The van der Waals surface area contributed by atoms with E-state index in [9.17, 15) is 4.79 Å². The molecule has 126 valence electrons. The van der Waals surface area contributed by atoms with Crippen molar-refractivity contribution in [1.29, 1.82) is 0 Å². The zero-order chi connectivity index (χ0) is 17.5. The Morgan fingerprint density at radius 1 is 1.38 bits per heavy atom. The molecular weight excluding hydrogens is 374 g/mol. The van der Waals surface area contributed by atoms with Crippen LogP contribution in [0, 0.1) is 0 Å². The molecule has 0 aliphatic heterocycles. The van der Waals surface area contributed by atoms with Gasteiger partial charge in [-0.2, -0.15) is 0 Å². The second-order valence-electron chi connectivity index (χ2n) is 4.95. The maximum absolute atomic E-state index is 10.9. The number of carboxylic acid groups (broad SMARTS) is 1. The number of hydrogen-bond donors (Lipinski definition) is 1. The summed E-state index contributed by atoms with van der Waals surface area (Å²) in [4.78, 5) is 12.9. The van der Waals surface area contributed by atoms with Crippen molar-refractivity contribution in [3.63, 3.8) is 0 Å². The molecule has 1 aromatic carbocycles. The van der Waals surface area contributed by atoms with Crippen LogP contribution in [0.25, 0.3) is 0 Å². The van der Waals surface area contributed by atoms with Crippen molar-refractivity contribution in [3.8, 4) is 5.75 Å². The van der Waals surface area contributed by atoms with Crippen molar-refractivity contribution >= 4 is 27.7 Å². The first-order valence-electron chi connectivity index (χ1n) is 7.39. The highest BCUT2D eigenvalue weighted by atomic mass is 79.9. The van der Waals surface area contributed by atoms with Crippen LogP contribution in [0.5, 0.6) is 5.75 Å². The quantitative estimate of drug-likeness (QED) is 0.693. The van der Waals surface area contributed by atoms with E-state index in [0.29, 0.717) is 25.5 Å². The smallest absolute Gasteiger partial charge is 0.356 e. The van der Waals surface area contributed by atoms with Gasteiger partial charge in [-0.1, -0.05) is 28.6 Å². The van der Waals surface area contributed by atoms with E-state index < -0.39 is 5.97 Å². The molecule has 0 atom stereocenters. The summed E-state index contributed by atoms with van der Waals surface area (Å²) in [6.45, 7) is 7.33. The molecule has 2 aromatic rings. The molecule has 0 radical (unpaired) electrons. The fourth-order valence-corrected chi connectivity index (χ4v) is 2.54. The molecule has 0 saturated carbocycles. The van der Waals surface area contributed by atoms with Gasteiger partial charge in [0.25, 0.3) is 0 Å². The molecule has 0 bridgehead atoms. The zero-order valence-corrected chi connectivity index (χ0v) is 14.9. The average Bonchev–Trinajstić information content (AvgIpc) is 2.59. The SMILES string of the molecule is C=CCOc1ccc(Br)cc1CN(CC)c1ccc(C(=O)O)nn1. The first-order chi connectivity index (χ1) is 11.5. The van der Waals surface area contributed by atoms with Gasteiger partial charge in [0.15, 0.2) is 11.5 Å². The number of hydrogen-bond acceptors (Lipinski definition) is 5. The van der Waals surface area contributed by atoms with Crippen LogP contribution < -0.4 is 9.64 Å². The fraction of sp³-hybridized carbons (Fsp3) is 0.235. The van der Waals surface area contributed by atoms with Gasteiger partial charge in [0.05, 0.1) is 0 Å². The highest BCUT2D eigenvalue weighted by Gasteiger charge is 2.13. The monoisotopic (exact) mass is 391 g/mol. The standard InChI is InChI=1S/C17H18BrN3O3/c1-3-9-24-15-7-5-13(18)10-12(15)11-21(4-2)16-8-6-14(17(22)23)19-20-16/h3,5-8,10H,1,4,9,11H2,2H3,(H,22,23). The van der Waals surface area contributed by atoms with Gasteiger partial charge in [-0.05, 0) is 37.3 Å². The first kappa shape index (κ1) is 17.9. The van der Waals surface area contributed by atoms with Gasteiger partial charge in [0.2, 0.25) is 0 Å². The minimum absolute atomic E-state index is 0.0766. The number of ether oxygens (including phenoxy) is 1. The maximum atomic E-state index is 10.9. The van der Waals surface area contributed by atoms with Crippen LogP contribution in [0.2, 0.25) is 0 Å². The molecule has 24 heavy (non-hydrogen) atoms. The molecule has 1 N–H and O–H groups in total. The Morgan fingerprint density at radius 3 is 2.75 bits per heavy atom. The lowest BCUT2D eigenvalue weighted by Gasteiger charge is -2.23. The molecule has 0 amide bonds. The number of halogens is 1. The van der Waals surface area contributed by atoms with Crippen LogP contribution in [0.3, 0.4) is 0 Å². The fourth-order valence-electron chi connectivity index (χ4n) is 2.13. The Hall–Kier alpha value is -2.41. The van der Waals surface area contributed by atoms with Gasteiger partial charge in [-0.3, -0.25) is 0 Å². The van der Waals surface area contributed by atoms with Gasteiger partial charge in [0.1, 0.15) is 12.4 Å². The van der Waals surface area contributed by atoms with Crippen molar-refractivity contribution in [3.05, 3.63) is 58.7 Å². The van der Waals surface area contributed by atoms with Crippen molar-refractivity contribution in [2.45, 2.75) is 13.5 Å². The number of benzene rings is 1. The number of carboxylic acids is 1. The first-order valence-corrected chi connectivity index (χ1v) is 8.18. The van der Waals surface area contributed by atoms with E-state index >= 15 is 0 Å². The molecule has 7 heteroatoms. The van der Waals surface area contributed by atoms with E-state index in [2.05, 4.69) is 32.7 Å². The van der Waals surface area contributed by atoms with Crippen LogP contribution in [0.4, 0.5) is 5.82 Å². The van der Waals surface area contributed by atoms with Crippen LogP contribution in [0.15, 0.2) is 47.5 Å². The average molecular weight is 392 g/mol. The molecule has 0 saturated heterocycles. The summed E-state index contributed by atoms with van der Waals surface area (Å²) in [6, 6.07) is 8.90. The van der Waals surface area contributed by atoms with Crippen molar-refractivity contribution < 1.29 is 14.6 Å². The molecule has 6 nitrogen and oxygen atoms in total. The summed E-state index contributed by atoms with van der Waals surface area (Å²) in [6.07, 6.45) is 1.69. The third-order valence-electron chi connectivity index (χ3n) is 3.32. The normalized spacial score (nSPS) is 10.2. The van der Waals surface area contributed by atoms with E-state index in [-0.39, 0.29) is 5.69 Å². The van der Waals surface area contributed by atoms with Crippen LogP contribution in [0.1, 0.15) is 23.0 Å². The van der Waals surface area contributed by atoms with E-state index in [1.807, 2.05) is 30.0 Å². The highest BCUT2D eigenvalue weighted by molar-refractivity contribution is 9.10.